The van der Waals surface area contributed by atoms with Gasteiger partial charge in [-0.1, -0.05) is 29.8 Å². The van der Waals surface area contributed by atoms with Crippen molar-refractivity contribution in [1.29, 1.82) is 0 Å². The number of alkyl halides is 3. The first-order valence-electron chi connectivity index (χ1n) is 12.7. The number of hydrogen-bond donors (Lipinski definition) is 1. The van der Waals surface area contributed by atoms with Gasteiger partial charge in [-0.05, 0) is 36.2 Å². The Balaban J connectivity index is 1.65. The summed E-state index contributed by atoms with van der Waals surface area (Å²) < 4.78 is 74.7. The van der Waals surface area contributed by atoms with E-state index >= 15 is 0 Å². The molecule has 0 bridgehead atoms. The van der Waals surface area contributed by atoms with Crippen LogP contribution in [-0.2, 0) is 21.2 Å². The standard InChI is InChI=1S/C26H24ClF3N4O7S/c27-17-7-5-16(6-8-17)14-34-21-22(31-25(34)40-18-3-1-4-19(13-18)41-26(28,29)30)32-10-12-42(38,39)15-20(32)23(36)33(24(21)37)9-2-11-35/h1,3-8,13,20,35H,2,9-12,14-15H2. The fraction of sp³-hybridized carbons (Fsp3) is 0.346. The molecule has 1 fully saturated rings. The van der Waals surface area contributed by atoms with Gasteiger partial charge in [0.15, 0.2) is 21.3 Å². The largest absolute Gasteiger partial charge is 0.573 e. The van der Waals surface area contributed by atoms with Crippen LogP contribution >= 0.6 is 11.6 Å². The minimum atomic E-state index is -4.94. The van der Waals surface area contributed by atoms with Crippen molar-refractivity contribution in [3.05, 3.63) is 64.8 Å². The normalized spacial score (nSPS) is 18.4. The molecule has 1 unspecified atom stereocenters. The number of sulfone groups is 1. The second kappa shape index (κ2) is 11.5. The molecule has 0 aliphatic carbocycles. The van der Waals surface area contributed by atoms with E-state index in [1.54, 1.807) is 24.3 Å². The SMILES string of the molecule is O=C1c2c(nc(Oc3cccc(OC(F)(F)F)c3)n2Cc2ccc(Cl)cc2)N2CCS(=O)(=O)CC2C(=O)N1CCCO. The van der Waals surface area contributed by atoms with Crippen molar-refractivity contribution >= 4 is 39.1 Å². The van der Waals surface area contributed by atoms with Gasteiger partial charge in [-0.2, -0.15) is 4.98 Å². The molecule has 11 nitrogen and oxygen atoms in total. The van der Waals surface area contributed by atoms with Crippen molar-refractivity contribution in [2.45, 2.75) is 25.4 Å². The number of carbonyl (C=O) groups excluding carboxylic acids is 2. The van der Waals surface area contributed by atoms with Crippen LogP contribution in [0.1, 0.15) is 22.5 Å². The van der Waals surface area contributed by atoms with Crippen LogP contribution in [0, 0.1) is 0 Å². The first-order valence-corrected chi connectivity index (χ1v) is 14.9. The number of hydrogen-bond acceptors (Lipinski definition) is 9. The van der Waals surface area contributed by atoms with E-state index in [1.165, 1.54) is 21.6 Å². The van der Waals surface area contributed by atoms with Crippen molar-refractivity contribution in [1.82, 2.24) is 14.5 Å². The number of carbonyl (C=O) groups is 2. The van der Waals surface area contributed by atoms with E-state index < -0.39 is 45.6 Å². The number of amides is 2. The highest BCUT2D eigenvalue weighted by Gasteiger charge is 2.47. The highest BCUT2D eigenvalue weighted by atomic mass is 35.5. The third-order valence-electron chi connectivity index (χ3n) is 6.66. The number of nitrogens with zero attached hydrogens (tertiary/aromatic N) is 4. The van der Waals surface area contributed by atoms with Gasteiger partial charge in [0.05, 0.1) is 18.1 Å². The number of fused-ring (bicyclic) bond motifs is 3. The topological polar surface area (TPSA) is 131 Å². The molecule has 16 heteroatoms. The van der Waals surface area contributed by atoms with Gasteiger partial charge >= 0.3 is 12.4 Å². The minimum absolute atomic E-state index is 0.00796. The quantitative estimate of drug-likeness (QED) is 0.374. The van der Waals surface area contributed by atoms with E-state index in [0.717, 1.165) is 17.0 Å². The summed E-state index contributed by atoms with van der Waals surface area (Å²) in [6, 6.07) is 9.87. The Labute approximate surface area is 242 Å². The summed E-state index contributed by atoms with van der Waals surface area (Å²) in [7, 11) is -3.62. The van der Waals surface area contributed by atoms with E-state index in [1.807, 2.05) is 0 Å². The lowest BCUT2D eigenvalue weighted by Crippen LogP contribution is -2.56. The number of benzene rings is 2. The number of aliphatic hydroxyl groups is 1. The molecule has 1 aromatic heterocycles. The number of halogens is 4. The number of imide groups is 1. The lowest BCUT2D eigenvalue weighted by molar-refractivity contribution is -0.274. The molecule has 0 spiro atoms. The summed E-state index contributed by atoms with van der Waals surface area (Å²) in [5.74, 6) is -3.02. The van der Waals surface area contributed by atoms with Crippen molar-refractivity contribution in [2.24, 2.45) is 0 Å². The molecule has 5 rings (SSSR count). The van der Waals surface area contributed by atoms with Gasteiger partial charge in [0.2, 0.25) is 0 Å². The Kier molecular flexibility index (Phi) is 8.09. The van der Waals surface area contributed by atoms with Crippen molar-refractivity contribution in [3.63, 3.8) is 0 Å². The monoisotopic (exact) mass is 628 g/mol. The van der Waals surface area contributed by atoms with Gasteiger partial charge in [0.1, 0.15) is 17.5 Å². The molecule has 2 aromatic carbocycles. The number of imidazole rings is 1. The van der Waals surface area contributed by atoms with Crippen LogP contribution in [0.15, 0.2) is 48.5 Å². The molecule has 42 heavy (non-hydrogen) atoms. The van der Waals surface area contributed by atoms with Gasteiger partial charge in [-0.15, -0.1) is 13.2 Å². The predicted octanol–water partition coefficient (Wildman–Crippen LogP) is 3.24. The zero-order valence-electron chi connectivity index (χ0n) is 21.8. The van der Waals surface area contributed by atoms with Crippen LogP contribution in [0.5, 0.6) is 17.5 Å². The molecule has 3 aromatic rings. The lowest BCUT2D eigenvalue weighted by atomic mass is 10.2. The van der Waals surface area contributed by atoms with E-state index in [-0.39, 0.29) is 61.7 Å². The Bertz CT molecular complexity index is 1610. The molecule has 224 valence electrons. The summed E-state index contributed by atoms with van der Waals surface area (Å²) >= 11 is 6.03. The van der Waals surface area contributed by atoms with Gasteiger partial charge in [-0.3, -0.25) is 19.1 Å². The highest BCUT2D eigenvalue weighted by molar-refractivity contribution is 7.91. The first-order chi connectivity index (χ1) is 19.8. The smallest absolute Gasteiger partial charge is 0.425 e. The fourth-order valence-corrected chi connectivity index (χ4v) is 6.35. The maximum absolute atomic E-state index is 14.0. The van der Waals surface area contributed by atoms with Gasteiger partial charge in [0, 0.05) is 30.8 Å². The summed E-state index contributed by atoms with van der Waals surface area (Å²) in [5.41, 5.74) is 0.553. The molecule has 1 atom stereocenters. The molecular formula is C26H24ClF3N4O7S. The lowest BCUT2D eigenvalue weighted by Gasteiger charge is -2.34. The average Bonchev–Trinajstić information content (AvgIpc) is 3.22. The summed E-state index contributed by atoms with van der Waals surface area (Å²) in [4.78, 5) is 34.3. The zero-order chi connectivity index (χ0) is 30.2. The van der Waals surface area contributed by atoms with E-state index in [9.17, 15) is 36.3 Å². The highest BCUT2D eigenvalue weighted by Crippen LogP contribution is 2.37. The second-order valence-electron chi connectivity index (χ2n) is 9.60. The average molecular weight is 629 g/mol. The fourth-order valence-electron chi connectivity index (χ4n) is 4.78. The number of anilines is 1. The van der Waals surface area contributed by atoms with Crippen LogP contribution in [0.3, 0.4) is 0 Å². The van der Waals surface area contributed by atoms with Crippen LogP contribution in [0.25, 0.3) is 0 Å². The van der Waals surface area contributed by atoms with Gasteiger partial charge in [0.25, 0.3) is 11.8 Å². The maximum atomic E-state index is 14.0. The molecule has 3 heterocycles. The maximum Gasteiger partial charge on any atom is 0.573 e. The van der Waals surface area contributed by atoms with Crippen molar-refractivity contribution < 1.29 is 45.8 Å². The second-order valence-corrected chi connectivity index (χ2v) is 12.3. The Morgan fingerprint density at radius 2 is 1.81 bits per heavy atom. The van der Waals surface area contributed by atoms with Crippen molar-refractivity contribution in [3.8, 4) is 17.5 Å². The van der Waals surface area contributed by atoms with Crippen LogP contribution < -0.4 is 14.4 Å². The first kappa shape index (κ1) is 29.7. The third-order valence-corrected chi connectivity index (χ3v) is 8.54. The minimum Gasteiger partial charge on any atom is -0.425 e. The Morgan fingerprint density at radius 3 is 2.50 bits per heavy atom. The molecular weight excluding hydrogens is 605 g/mol. The molecule has 1 saturated heterocycles. The summed E-state index contributed by atoms with van der Waals surface area (Å²) in [6.07, 6.45) is -4.89. The van der Waals surface area contributed by atoms with Crippen LogP contribution in [0.4, 0.5) is 19.0 Å². The number of rotatable bonds is 8. The van der Waals surface area contributed by atoms with E-state index in [2.05, 4.69) is 9.72 Å². The summed E-state index contributed by atoms with van der Waals surface area (Å²) in [5, 5.41) is 9.85. The zero-order valence-corrected chi connectivity index (χ0v) is 23.3. The predicted molar refractivity (Wildman–Crippen MR) is 144 cm³/mol. The van der Waals surface area contributed by atoms with Gasteiger partial charge in [-0.25, -0.2) is 8.42 Å². The third kappa shape index (κ3) is 6.32. The van der Waals surface area contributed by atoms with Crippen LogP contribution in [0.2, 0.25) is 5.02 Å². The molecule has 2 aliphatic heterocycles. The number of aliphatic hydroxyl groups excluding tert-OH is 1. The van der Waals surface area contributed by atoms with E-state index in [4.69, 9.17) is 16.3 Å². The molecule has 1 N–H and O–H groups in total. The summed E-state index contributed by atoms with van der Waals surface area (Å²) in [6.45, 7) is -0.681. The Morgan fingerprint density at radius 1 is 1.10 bits per heavy atom. The van der Waals surface area contributed by atoms with Crippen molar-refractivity contribution in [2.75, 3.05) is 36.1 Å². The number of aromatic nitrogens is 2. The molecule has 2 amide bonds. The molecule has 0 radical (unpaired) electrons. The number of ether oxygens (including phenoxy) is 2. The van der Waals surface area contributed by atoms with Gasteiger partial charge < -0.3 is 19.5 Å². The van der Waals surface area contributed by atoms with Crippen LogP contribution in [-0.4, -0.2) is 83.4 Å². The molecule has 2 aliphatic rings. The van der Waals surface area contributed by atoms with E-state index in [0.29, 0.717) is 10.6 Å². The molecule has 0 saturated carbocycles. The Hall–Kier alpha value is -3.82.